The highest BCUT2D eigenvalue weighted by molar-refractivity contribution is 5.99. The van der Waals surface area contributed by atoms with Gasteiger partial charge in [-0.05, 0) is 36.2 Å². The van der Waals surface area contributed by atoms with Gasteiger partial charge in [-0.3, -0.25) is 9.59 Å². The van der Waals surface area contributed by atoms with Crippen molar-refractivity contribution in [3.05, 3.63) is 54.1 Å². The van der Waals surface area contributed by atoms with Crippen molar-refractivity contribution in [1.82, 2.24) is 5.32 Å². The van der Waals surface area contributed by atoms with Gasteiger partial charge >= 0.3 is 5.97 Å². The summed E-state index contributed by atoms with van der Waals surface area (Å²) in [6.45, 7) is 2.95. The summed E-state index contributed by atoms with van der Waals surface area (Å²) in [5, 5.41) is 2.60. The number of ether oxygens (including phenoxy) is 4. The van der Waals surface area contributed by atoms with Gasteiger partial charge in [0.25, 0.3) is 5.91 Å². The van der Waals surface area contributed by atoms with Crippen LogP contribution in [0.15, 0.2) is 48.5 Å². The Bertz CT molecular complexity index is 911. The van der Waals surface area contributed by atoms with E-state index in [9.17, 15) is 14.4 Å². The summed E-state index contributed by atoms with van der Waals surface area (Å²) in [4.78, 5) is 37.0. The number of hydrogen-bond acceptors (Lipinski definition) is 7. The Morgan fingerprint density at radius 2 is 1.73 bits per heavy atom. The molecule has 3 rings (SSSR count). The molecule has 1 aliphatic rings. The molecule has 2 aromatic carbocycles. The van der Waals surface area contributed by atoms with Gasteiger partial charge in [-0.2, -0.15) is 0 Å². The minimum absolute atomic E-state index is 0.103. The molecule has 0 radical (unpaired) electrons. The molecule has 30 heavy (non-hydrogen) atoms. The van der Waals surface area contributed by atoms with Crippen LogP contribution in [0.25, 0.3) is 0 Å². The highest BCUT2D eigenvalue weighted by atomic mass is 16.7. The average Bonchev–Trinajstić information content (AvgIpc) is 3.22. The summed E-state index contributed by atoms with van der Waals surface area (Å²) in [5.74, 6) is -0.196. The van der Waals surface area contributed by atoms with Crippen molar-refractivity contribution in [2.45, 2.75) is 19.9 Å². The summed E-state index contributed by atoms with van der Waals surface area (Å²) in [6, 6.07) is 12.7. The molecule has 1 amide bonds. The van der Waals surface area contributed by atoms with Crippen molar-refractivity contribution >= 4 is 17.7 Å². The van der Waals surface area contributed by atoms with Gasteiger partial charge in [0.2, 0.25) is 6.79 Å². The predicted octanol–water partition coefficient (Wildman–Crippen LogP) is 2.36. The van der Waals surface area contributed by atoms with Gasteiger partial charge in [0.1, 0.15) is 11.8 Å². The first-order valence-corrected chi connectivity index (χ1v) is 9.50. The van der Waals surface area contributed by atoms with Crippen LogP contribution < -0.4 is 19.5 Å². The molecule has 158 valence electrons. The Hall–Kier alpha value is -3.55. The van der Waals surface area contributed by atoms with Crippen LogP contribution in [0.2, 0.25) is 0 Å². The standard InChI is InChI=1S/C22H23NO7/c1-14(2)21(23-20(25)12-27-16-6-4-3-5-7-16)22(26)28-11-17(24)15-8-9-18-19(10-15)30-13-29-18/h3-10,14,21H,11-13H2,1-2H3,(H,23,25)/t21-/m0/s1. The number of hydrogen-bond donors (Lipinski definition) is 1. The van der Waals surface area contributed by atoms with Crippen LogP contribution in [0, 0.1) is 5.92 Å². The number of amides is 1. The first-order valence-electron chi connectivity index (χ1n) is 9.50. The van der Waals surface area contributed by atoms with Gasteiger partial charge < -0.3 is 24.3 Å². The maximum atomic E-state index is 12.4. The van der Waals surface area contributed by atoms with Crippen molar-refractivity contribution < 1.29 is 33.3 Å². The summed E-state index contributed by atoms with van der Waals surface area (Å²) < 4.78 is 21.0. The lowest BCUT2D eigenvalue weighted by molar-refractivity contribution is -0.148. The summed E-state index contributed by atoms with van der Waals surface area (Å²) >= 11 is 0. The molecule has 1 heterocycles. The fourth-order valence-electron chi connectivity index (χ4n) is 2.76. The highest BCUT2D eigenvalue weighted by Crippen LogP contribution is 2.32. The molecule has 8 nitrogen and oxygen atoms in total. The lowest BCUT2D eigenvalue weighted by Crippen LogP contribution is -2.47. The van der Waals surface area contributed by atoms with Crippen LogP contribution in [0.4, 0.5) is 0 Å². The monoisotopic (exact) mass is 413 g/mol. The number of rotatable bonds is 9. The highest BCUT2D eigenvalue weighted by Gasteiger charge is 2.27. The predicted molar refractivity (Wildman–Crippen MR) is 107 cm³/mol. The van der Waals surface area contributed by atoms with E-state index in [4.69, 9.17) is 18.9 Å². The number of carbonyl (C=O) groups excluding carboxylic acids is 3. The van der Waals surface area contributed by atoms with Crippen molar-refractivity contribution in [3.8, 4) is 17.2 Å². The number of ketones is 1. The average molecular weight is 413 g/mol. The molecule has 0 aromatic heterocycles. The summed E-state index contributed by atoms with van der Waals surface area (Å²) in [7, 11) is 0. The molecule has 0 unspecified atom stereocenters. The van der Waals surface area contributed by atoms with E-state index in [0.29, 0.717) is 22.8 Å². The Morgan fingerprint density at radius 3 is 2.47 bits per heavy atom. The third-order valence-corrected chi connectivity index (χ3v) is 4.39. The molecule has 0 saturated carbocycles. The molecule has 1 atom stereocenters. The van der Waals surface area contributed by atoms with Crippen LogP contribution in [0.3, 0.4) is 0 Å². The third-order valence-electron chi connectivity index (χ3n) is 4.39. The van der Waals surface area contributed by atoms with E-state index in [1.165, 1.54) is 0 Å². The molecule has 2 aromatic rings. The van der Waals surface area contributed by atoms with E-state index in [0.717, 1.165) is 0 Å². The minimum atomic E-state index is -0.901. The van der Waals surface area contributed by atoms with Gasteiger partial charge in [0.15, 0.2) is 30.5 Å². The first-order chi connectivity index (χ1) is 14.4. The van der Waals surface area contributed by atoms with Gasteiger partial charge in [-0.25, -0.2) is 4.79 Å². The molecule has 1 N–H and O–H groups in total. The Morgan fingerprint density at radius 1 is 1.00 bits per heavy atom. The maximum Gasteiger partial charge on any atom is 0.329 e. The number of fused-ring (bicyclic) bond motifs is 1. The van der Waals surface area contributed by atoms with E-state index in [2.05, 4.69) is 5.32 Å². The Labute approximate surface area is 174 Å². The number of Topliss-reactive ketones (excluding diaryl/α,β-unsaturated/α-hetero) is 1. The van der Waals surface area contributed by atoms with Crippen LogP contribution in [0.1, 0.15) is 24.2 Å². The molecular formula is C22H23NO7. The zero-order valence-electron chi connectivity index (χ0n) is 16.8. The van der Waals surface area contributed by atoms with E-state index >= 15 is 0 Å². The van der Waals surface area contributed by atoms with Crippen LogP contribution in [-0.2, 0) is 14.3 Å². The Kier molecular flexibility index (Phi) is 6.90. The van der Waals surface area contributed by atoms with Gasteiger partial charge in [0, 0.05) is 5.56 Å². The van der Waals surface area contributed by atoms with Crippen LogP contribution in [-0.4, -0.2) is 43.7 Å². The summed E-state index contributed by atoms with van der Waals surface area (Å²) in [6.07, 6.45) is 0. The quantitative estimate of drug-likeness (QED) is 0.498. The second-order valence-corrected chi connectivity index (χ2v) is 6.99. The molecular weight excluding hydrogens is 390 g/mol. The van der Waals surface area contributed by atoms with E-state index in [-0.39, 0.29) is 25.1 Å². The molecule has 8 heteroatoms. The summed E-state index contributed by atoms with van der Waals surface area (Å²) in [5.41, 5.74) is 0.341. The fourth-order valence-corrected chi connectivity index (χ4v) is 2.76. The van der Waals surface area contributed by atoms with Gasteiger partial charge in [0.05, 0.1) is 0 Å². The molecule has 0 aliphatic carbocycles. The van der Waals surface area contributed by atoms with Crippen molar-refractivity contribution in [3.63, 3.8) is 0 Å². The second kappa shape index (κ2) is 9.78. The lowest BCUT2D eigenvalue weighted by atomic mass is 10.0. The normalized spacial score (nSPS) is 12.9. The van der Waals surface area contributed by atoms with Crippen molar-refractivity contribution in [2.24, 2.45) is 5.92 Å². The topological polar surface area (TPSA) is 100 Å². The van der Waals surface area contributed by atoms with Gasteiger partial charge in [-0.1, -0.05) is 32.0 Å². The zero-order valence-corrected chi connectivity index (χ0v) is 16.8. The smallest absolute Gasteiger partial charge is 0.329 e. The molecule has 1 aliphatic heterocycles. The molecule has 0 bridgehead atoms. The number of esters is 1. The van der Waals surface area contributed by atoms with Gasteiger partial charge in [-0.15, -0.1) is 0 Å². The van der Waals surface area contributed by atoms with E-state index < -0.39 is 24.5 Å². The number of nitrogens with one attached hydrogen (secondary N) is 1. The third kappa shape index (κ3) is 5.50. The number of carbonyl (C=O) groups is 3. The largest absolute Gasteiger partial charge is 0.484 e. The first kappa shape index (κ1) is 21.2. The van der Waals surface area contributed by atoms with Crippen molar-refractivity contribution in [2.75, 3.05) is 20.0 Å². The molecule has 0 saturated heterocycles. The van der Waals surface area contributed by atoms with Crippen LogP contribution in [0.5, 0.6) is 17.2 Å². The van der Waals surface area contributed by atoms with E-state index in [1.54, 1.807) is 56.3 Å². The van der Waals surface area contributed by atoms with Crippen LogP contribution >= 0.6 is 0 Å². The second-order valence-electron chi connectivity index (χ2n) is 6.99. The Balaban J connectivity index is 1.51. The SMILES string of the molecule is CC(C)[C@H](NC(=O)COc1ccccc1)C(=O)OCC(=O)c1ccc2c(c1)OCO2. The van der Waals surface area contributed by atoms with E-state index in [1.807, 2.05) is 6.07 Å². The number of para-hydroxylation sites is 1. The zero-order chi connectivity index (χ0) is 21.5. The lowest BCUT2D eigenvalue weighted by Gasteiger charge is -2.20. The maximum absolute atomic E-state index is 12.4. The minimum Gasteiger partial charge on any atom is -0.484 e. The van der Waals surface area contributed by atoms with Crippen molar-refractivity contribution in [1.29, 1.82) is 0 Å². The molecule has 0 spiro atoms. The fraction of sp³-hybridized carbons (Fsp3) is 0.318. The molecule has 0 fully saturated rings. The number of benzene rings is 2.